The highest BCUT2D eigenvalue weighted by atomic mass is 79.9. The van der Waals surface area contributed by atoms with Gasteiger partial charge in [0.25, 0.3) is 0 Å². The van der Waals surface area contributed by atoms with E-state index in [1.165, 1.54) is 0 Å². The quantitative estimate of drug-likeness (QED) is 0.851. The molecular formula is C12H16BrNO. The van der Waals surface area contributed by atoms with Gasteiger partial charge in [-0.1, -0.05) is 21.5 Å². The van der Waals surface area contributed by atoms with Gasteiger partial charge in [0.1, 0.15) is 5.75 Å². The Bertz CT molecular complexity index is 363. The maximum Gasteiger partial charge on any atom is 0.119 e. The van der Waals surface area contributed by atoms with Crippen molar-refractivity contribution in [2.45, 2.75) is 19.4 Å². The molecule has 1 aromatic rings. The molecule has 0 saturated carbocycles. The van der Waals surface area contributed by atoms with Gasteiger partial charge in [-0.05, 0) is 37.1 Å². The summed E-state index contributed by atoms with van der Waals surface area (Å²) in [6.07, 6.45) is 0.783. The van der Waals surface area contributed by atoms with Gasteiger partial charge < -0.3 is 10.5 Å². The predicted molar refractivity (Wildman–Crippen MR) is 67.1 cm³/mol. The number of hydrogen-bond acceptors (Lipinski definition) is 2. The van der Waals surface area contributed by atoms with Crippen LogP contribution in [0.3, 0.4) is 0 Å². The molecule has 0 aliphatic heterocycles. The molecule has 3 heteroatoms. The number of hydrogen-bond donors (Lipinski definition) is 1. The minimum absolute atomic E-state index is 0.0352. The average molecular weight is 270 g/mol. The molecular weight excluding hydrogens is 254 g/mol. The summed E-state index contributed by atoms with van der Waals surface area (Å²) in [7, 11) is 1.65. The predicted octanol–water partition coefficient (Wildman–Crippen LogP) is 3.42. The third-order valence-corrected chi connectivity index (χ3v) is 2.89. The highest BCUT2D eigenvalue weighted by Gasteiger charge is 2.11. The average Bonchev–Trinajstić information content (AvgIpc) is 2.17. The second kappa shape index (κ2) is 5.33. The molecule has 1 aromatic carbocycles. The fourth-order valence-corrected chi connectivity index (χ4v) is 1.96. The van der Waals surface area contributed by atoms with Crippen LogP contribution in [0.2, 0.25) is 0 Å². The zero-order valence-electron chi connectivity index (χ0n) is 9.09. The van der Waals surface area contributed by atoms with Crippen molar-refractivity contribution >= 4 is 15.9 Å². The van der Waals surface area contributed by atoms with Crippen LogP contribution in [0.15, 0.2) is 34.8 Å². The third-order valence-electron chi connectivity index (χ3n) is 2.17. The normalized spacial score (nSPS) is 12.3. The summed E-state index contributed by atoms with van der Waals surface area (Å²) in [6, 6.07) is 5.78. The van der Waals surface area contributed by atoms with Crippen LogP contribution >= 0.6 is 15.9 Å². The second-order valence-electron chi connectivity index (χ2n) is 3.66. The van der Waals surface area contributed by atoms with E-state index in [9.17, 15) is 0 Å². The number of rotatable bonds is 4. The van der Waals surface area contributed by atoms with Crippen molar-refractivity contribution in [3.63, 3.8) is 0 Å². The Balaban J connectivity index is 2.95. The topological polar surface area (TPSA) is 35.2 Å². The van der Waals surface area contributed by atoms with Crippen molar-refractivity contribution in [3.8, 4) is 5.75 Å². The van der Waals surface area contributed by atoms with E-state index in [1.54, 1.807) is 7.11 Å². The Hall–Kier alpha value is -0.800. The van der Waals surface area contributed by atoms with Crippen LogP contribution in [0.4, 0.5) is 0 Å². The molecule has 0 saturated heterocycles. The molecule has 2 N–H and O–H groups in total. The Morgan fingerprint density at radius 3 is 2.80 bits per heavy atom. The fourth-order valence-electron chi connectivity index (χ4n) is 1.42. The van der Waals surface area contributed by atoms with Gasteiger partial charge in [0.05, 0.1) is 7.11 Å². The van der Waals surface area contributed by atoms with Crippen LogP contribution in [-0.4, -0.2) is 7.11 Å². The first-order valence-corrected chi connectivity index (χ1v) is 5.57. The summed E-state index contributed by atoms with van der Waals surface area (Å²) < 4.78 is 6.18. The molecule has 0 radical (unpaired) electrons. The highest BCUT2D eigenvalue weighted by molar-refractivity contribution is 9.10. The van der Waals surface area contributed by atoms with Gasteiger partial charge in [0.15, 0.2) is 0 Å². The first-order chi connectivity index (χ1) is 7.04. The van der Waals surface area contributed by atoms with Crippen LogP contribution in [0.1, 0.15) is 24.9 Å². The Kier molecular flexibility index (Phi) is 4.36. The van der Waals surface area contributed by atoms with Crippen molar-refractivity contribution in [1.29, 1.82) is 0 Å². The van der Waals surface area contributed by atoms with Crippen molar-refractivity contribution in [1.82, 2.24) is 0 Å². The van der Waals surface area contributed by atoms with Crippen molar-refractivity contribution in [2.75, 3.05) is 7.11 Å². The Labute approximate surface area is 99.3 Å². The largest absolute Gasteiger partial charge is 0.497 e. The molecule has 2 nitrogen and oxygen atoms in total. The maximum absolute atomic E-state index is 6.07. The molecule has 0 heterocycles. The lowest BCUT2D eigenvalue weighted by atomic mass is 10.0. The zero-order chi connectivity index (χ0) is 11.4. The first-order valence-electron chi connectivity index (χ1n) is 4.78. The van der Waals surface area contributed by atoms with Crippen molar-refractivity contribution < 1.29 is 4.74 Å². The molecule has 15 heavy (non-hydrogen) atoms. The molecule has 0 bridgehead atoms. The second-order valence-corrected chi connectivity index (χ2v) is 4.51. The summed E-state index contributed by atoms with van der Waals surface area (Å²) in [4.78, 5) is 0. The molecule has 1 rings (SSSR count). The monoisotopic (exact) mass is 269 g/mol. The Morgan fingerprint density at radius 1 is 1.60 bits per heavy atom. The van der Waals surface area contributed by atoms with Crippen LogP contribution in [0.5, 0.6) is 5.75 Å². The van der Waals surface area contributed by atoms with Gasteiger partial charge in [0, 0.05) is 10.5 Å². The summed E-state index contributed by atoms with van der Waals surface area (Å²) in [5.41, 5.74) is 8.21. The molecule has 0 aromatic heterocycles. The van der Waals surface area contributed by atoms with Gasteiger partial charge in [0.2, 0.25) is 0 Å². The van der Waals surface area contributed by atoms with Crippen LogP contribution in [0, 0.1) is 0 Å². The fraction of sp³-hybridized carbons (Fsp3) is 0.333. The number of benzene rings is 1. The van der Waals surface area contributed by atoms with Gasteiger partial charge in [-0.3, -0.25) is 0 Å². The zero-order valence-corrected chi connectivity index (χ0v) is 10.7. The van der Waals surface area contributed by atoms with Gasteiger partial charge >= 0.3 is 0 Å². The summed E-state index contributed by atoms with van der Waals surface area (Å²) in [5.74, 6) is 0.824. The van der Waals surface area contributed by atoms with E-state index in [1.807, 2.05) is 25.1 Å². The van der Waals surface area contributed by atoms with E-state index in [0.29, 0.717) is 0 Å². The van der Waals surface area contributed by atoms with E-state index in [4.69, 9.17) is 10.5 Å². The van der Waals surface area contributed by atoms with Crippen LogP contribution in [0.25, 0.3) is 0 Å². The summed E-state index contributed by atoms with van der Waals surface area (Å²) >= 11 is 3.48. The highest BCUT2D eigenvalue weighted by Crippen LogP contribution is 2.29. The summed E-state index contributed by atoms with van der Waals surface area (Å²) in [6.45, 7) is 5.85. The molecule has 1 unspecified atom stereocenters. The molecule has 82 valence electrons. The lowest BCUT2D eigenvalue weighted by Gasteiger charge is -2.14. The minimum Gasteiger partial charge on any atom is -0.497 e. The van der Waals surface area contributed by atoms with Crippen molar-refractivity contribution in [2.24, 2.45) is 5.73 Å². The number of ether oxygens (including phenoxy) is 1. The molecule has 0 aliphatic carbocycles. The van der Waals surface area contributed by atoms with Crippen molar-refractivity contribution in [3.05, 3.63) is 40.4 Å². The summed E-state index contributed by atoms with van der Waals surface area (Å²) in [5, 5.41) is 0. The Morgan fingerprint density at radius 2 is 2.27 bits per heavy atom. The minimum atomic E-state index is -0.0352. The van der Waals surface area contributed by atoms with Crippen LogP contribution < -0.4 is 10.5 Å². The standard InChI is InChI=1S/C12H16BrNO/c1-8(2)6-12(14)10-7-9(15-3)4-5-11(10)13/h4-5,7,12H,1,6,14H2,2-3H3. The maximum atomic E-state index is 6.07. The number of methoxy groups -OCH3 is 1. The number of halogens is 1. The van der Waals surface area contributed by atoms with Gasteiger partial charge in [-0.2, -0.15) is 0 Å². The molecule has 0 spiro atoms. The van der Waals surface area contributed by atoms with Crippen LogP contribution in [-0.2, 0) is 0 Å². The van der Waals surface area contributed by atoms with Gasteiger partial charge in [-0.15, -0.1) is 6.58 Å². The van der Waals surface area contributed by atoms with E-state index in [0.717, 1.165) is 27.8 Å². The molecule has 0 fully saturated rings. The number of nitrogens with two attached hydrogens (primary N) is 1. The molecule has 0 amide bonds. The lowest BCUT2D eigenvalue weighted by Crippen LogP contribution is -2.11. The van der Waals surface area contributed by atoms with E-state index < -0.39 is 0 Å². The third kappa shape index (κ3) is 3.36. The first kappa shape index (κ1) is 12.3. The SMILES string of the molecule is C=C(C)CC(N)c1cc(OC)ccc1Br. The van der Waals surface area contributed by atoms with E-state index in [-0.39, 0.29) is 6.04 Å². The smallest absolute Gasteiger partial charge is 0.119 e. The molecule has 1 atom stereocenters. The lowest BCUT2D eigenvalue weighted by molar-refractivity contribution is 0.413. The van der Waals surface area contributed by atoms with E-state index >= 15 is 0 Å². The molecule has 0 aliphatic rings. The van der Waals surface area contributed by atoms with E-state index in [2.05, 4.69) is 22.5 Å². The van der Waals surface area contributed by atoms with Gasteiger partial charge in [-0.25, -0.2) is 0 Å².